The van der Waals surface area contributed by atoms with Gasteiger partial charge in [-0.1, -0.05) is 30.3 Å². The summed E-state index contributed by atoms with van der Waals surface area (Å²) in [6.45, 7) is 5.97. The Labute approximate surface area is 169 Å². The fraction of sp³-hybridized carbons (Fsp3) is 0.500. The maximum Gasteiger partial charge on any atom is 0.433 e. The molecule has 1 aromatic carbocycles. The zero-order chi connectivity index (χ0) is 20.9. The van der Waals surface area contributed by atoms with E-state index < -0.39 is 11.9 Å². The number of nitrogens with zero attached hydrogens (tertiary/aromatic N) is 5. The molecule has 1 N–H and O–H groups in total. The SMILES string of the molecule is CN(C)c1cc(C(F)(F)F)nc(NCCN2CCN(Cc3ccccc3)CC2)n1. The van der Waals surface area contributed by atoms with Crippen LogP contribution in [-0.4, -0.2) is 73.1 Å². The Kier molecular flexibility index (Phi) is 6.92. The zero-order valence-corrected chi connectivity index (χ0v) is 16.8. The number of piperazine rings is 1. The number of alkyl halides is 3. The maximum atomic E-state index is 13.1. The van der Waals surface area contributed by atoms with Crippen molar-refractivity contribution in [2.75, 3.05) is 63.6 Å². The van der Waals surface area contributed by atoms with Crippen molar-refractivity contribution < 1.29 is 13.2 Å². The summed E-state index contributed by atoms with van der Waals surface area (Å²) in [5.74, 6) is 0.232. The molecule has 0 atom stereocenters. The lowest BCUT2D eigenvalue weighted by Crippen LogP contribution is -2.47. The minimum atomic E-state index is -4.50. The molecule has 9 heteroatoms. The Bertz CT molecular complexity index is 774. The van der Waals surface area contributed by atoms with Crippen LogP contribution < -0.4 is 10.2 Å². The molecule has 0 bridgehead atoms. The van der Waals surface area contributed by atoms with Crippen molar-refractivity contribution >= 4 is 11.8 Å². The normalized spacial score (nSPS) is 16.0. The molecule has 6 nitrogen and oxygen atoms in total. The Morgan fingerprint density at radius 2 is 1.66 bits per heavy atom. The van der Waals surface area contributed by atoms with Gasteiger partial charge in [0.1, 0.15) is 5.82 Å². The van der Waals surface area contributed by atoms with Crippen molar-refractivity contribution in [1.29, 1.82) is 0 Å². The van der Waals surface area contributed by atoms with E-state index in [9.17, 15) is 13.2 Å². The van der Waals surface area contributed by atoms with E-state index >= 15 is 0 Å². The van der Waals surface area contributed by atoms with Crippen LogP contribution in [0.2, 0.25) is 0 Å². The molecule has 0 radical (unpaired) electrons. The van der Waals surface area contributed by atoms with Gasteiger partial charge in [0.05, 0.1) is 0 Å². The van der Waals surface area contributed by atoms with Crippen LogP contribution in [0.4, 0.5) is 24.9 Å². The van der Waals surface area contributed by atoms with Gasteiger partial charge in [0.2, 0.25) is 5.95 Å². The number of halogens is 3. The van der Waals surface area contributed by atoms with Crippen LogP contribution >= 0.6 is 0 Å². The van der Waals surface area contributed by atoms with E-state index in [4.69, 9.17) is 0 Å². The molecule has 0 amide bonds. The van der Waals surface area contributed by atoms with E-state index in [1.807, 2.05) is 6.07 Å². The average Bonchev–Trinajstić information content (AvgIpc) is 2.69. The molecule has 1 aliphatic heterocycles. The Morgan fingerprint density at radius 3 is 2.28 bits per heavy atom. The summed E-state index contributed by atoms with van der Waals surface area (Å²) in [4.78, 5) is 14.0. The van der Waals surface area contributed by atoms with E-state index in [0.29, 0.717) is 6.54 Å². The number of hydrogen-bond acceptors (Lipinski definition) is 6. The predicted octanol–water partition coefficient (Wildman–Crippen LogP) is 2.79. The fourth-order valence-electron chi connectivity index (χ4n) is 3.23. The molecule has 1 fully saturated rings. The molecule has 1 saturated heterocycles. The molecule has 2 heterocycles. The lowest BCUT2D eigenvalue weighted by molar-refractivity contribution is -0.141. The first-order valence-corrected chi connectivity index (χ1v) is 9.67. The van der Waals surface area contributed by atoms with Gasteiger partial charge in [-0.2, -0.15) is 18.2 Å². The third-order valence-electron chi connectivity index (χ3n) is 4.89. The Balaban J connectivity index is 1.47. The maximum absolute atomic E-state index is 13.1. The molecule has 1 aromatic heterocycles. The van der Waals surface area contributed by atoms with Crippen LogP contribution in [-0.2, 0) is 12.7 Å². The lowest BCUT2D eigenvalue weighted by Gasteiger charge is -2.34. The van der Waals surface area contributed by atoms with Gasteiger partial charge >= 0.3 is 6.18 Å². The molecular formula is C20H27F3N6. The first kappa shape index (κ1) is 21.3. The highest BCUT2D eigenvalue weighted by Gasteiger charge is 2.34. The zero-order valence-electron chi connectivity index (χ0n) is 16.8. The molecule has 158 valence electrons. The molecule has 0 spiro atoms. The van der Waals surface area contributed by atoms with Crippen molar-refractivity contribution in [1.82, 2.24) is 19.8 Å². The van der Waals surface area contributed by atoms with E-state index in [0.717, 1.165) is 45.3 Å². The summed E-state index contributed by atoms with van der Waals surface area (Å²) in [7, 11) is 3.31. The lowest BCUT2D eigenvalue weighted by atomic mass is 10.2. The molecule has 0 unspecified atom stereocenters. The highest BCUT2D eigenvalue weighted by molar-refractivity contribution is 5.44. The van der Waals surface area contributed by atoms with Crippen molar-refractivity contribution in [3.8, 4) is 0 Å². The third kappa shape index (κ3) is 6.30. The van der Waals surface area contributed by atoms with Gasteiger partial charge < -0.3 is 10.2 Å². The van der Waals surface area contributed by atoms with Gasteiger partial charge in [-0.25, -0.2) is 4.98 Å². The standard InChI is InChI=1S/C20H27F3N6/c1-27(2)18-14-17(20(21,22)23)25-19(26-18)24-8-9-28-10-12-29(13-11-28)15-16-6-4-3-5-7-16/h3-7,14H,8-13,15H2,1-2H3,(H,24,25,26). The van der Waals surface area contributed by atoms with Crippen LogP contribution in [0, 0.1) is 0 Å². The summed E-state index contributed by atoms with van der Waals surface area (Å²) < 4.78 is 39.2. The molecule has 0 saturated carbocycles. The number of rotatable bonds is 7. The second kappa shape index (κ2) is 9.41. The first-order chi connectivity index (χ1) is 13.8. The van der Waals surface area contributed by atoms with Crippen LogP contribution in [0.5, 0.6) is 0 Å². The predicted molar refractivity (Wildman–Crippen MR) is 108 cm³/mol. The topological polar surface area (TPSA) is 47.5 Å². The summed E-state index contributed by atoms with van der Waals surface area (Å²) in [6, 6.07) is 11.3. The second-order valence-corrected chi connectivity index (χ2v) is 7.36. The quantitative estimate of drug-likeness (QED) is 0.760. The molecule has 0 aliphatic carbocycles. The highest BCUT2D eigenvalue weighted by Crippen LogP contribution is 2.30. The number of hydrogen-bond donors (Lipinski definition) is 1. The van der Waals surface area contributed by atoms with Crippen molar-refractivity contribution in [3.63, 3.8) is 0 Å². The first-order valence-electron chi connectivity index (χ1n) is 9.67. The van der Waals surface area contributed by atoms with E-state index in [2.05, 4.69) is 49.4 Å². The summed E-state index contributed by atoms with van der Waals surface area (Å²) in [5, 5.41) is 2.95. The van der Waals surface area contributed by atoms with E-state index in [1.54, 1.807) is 14.1 Å². The van der Waals surface area contributed by atoms with Gasteiger partial charge in [0.25, 0.3) is 0 Å². The number of anilines is 2. The van der Waals surface area contributed by atoms with Gasteiger partial charge in [0.15, 0.2) is 5.69 Å². The number of aromatic nitrogens is 2. The highest BCUT2D eigenvalue weighted by atomic mass is 19.4. The number of benzene rings is 1. The molecule has 3 rings (SSSR count). The van der Waals surface area contributed by atoms with Gasteiger partial charge in [-0.05, 0) is 5.56 Å². The Morgan fingerprint density at radius 1 is 1.00 bits per heavy atom. The van der Waals surface area contributed by atoms with Crippen molar-refractivity contribution in [2.45, 2.75) is 12.7 Å². The van der Waals surface area contributed by atoms with Crippen LogP contribution in [0.15, 0.2) is 36.4 Å². The molecule has 1 aliphatic rings. The van der Waals surface area contributed by atoms with E-state index in [1.165, 1.54) is 10.5 Å². The van der Waals surface area contributed by atoms with Crippen LogP contribution in [0.25, 0.3) is 0 Å². The summed E-state index contributed by atoms with van der Waals surface area (Å²) >= 11 is 0. The van der Waals surface area contributed by atoms with Gasteiger partial charge in [-0.15, -0.1) is 0 Å². The minimum absolute atomic E-state index is 0.00578. The third-order valence-corrected chi connectivity index (χ3v) is 4.89. The van der Waals surface area contributed by atoms with Gasteiger partial charge in [0, 0.05) is 66.0 Å². The molecular weight excluding hydrogens is 381 g/mol. The van der Waals surface area contributed by atoms with E-state index in [-0.39, 0.29) is 11.8 Å². The van der Waals surface area contributed by atoms with Crippen LogP contribution in [0.3, 0.4) is 0 Å². The minimum Gasteiger partial charge on any atom is -0.363 e. The monoisotopic (exact) mass is 408 g/mol. The van der Waals surface area contributed by atoms with Crippen molar-refractivity contribution in [2.24, 2.45) is 0 Å². The fourth-order valence-corrected chi connectivity index (χ4v) is 3.23. The Hall–Kier alpha value is -2.39. The number of nitrogens with one attached hydrogen (secondary N) is 1. The second-order valence-electron chi connectivity index (χ2n) is 7.36. The van der Waals surface area contributed by atoms with Crippen molar-refractivity contribution in [3.05, 3.63) is 47.7 Å². The average molecular weight is 408 g/mol. The molecule has 2 aromatic rings. The van der Waals surface area contributed by atoms with Crippen LogP contribution in [0.1, 0.15) is 11.3 Å². The largest absolute Gasteiger partial charge is 0.433 e. The van der Waals surface area contributed by atoms with Gasteiger partial charge in [-0.3, -0.25) is 9.80 Å². The summed E-state index contributed by atoms with van der Waals surface area (Å²) in [5.41, 5.74) is 0.370. The molecule has 29 heavy (non-hydrogen) atoms. The smallest absolute Gasteiger partial charge is 0.363 e. The summed E-state index contributed by atoms with van der Waals surface area (Å²) in [6.07, 6.45) is -4.50.